The number of hydrogen-bond donors (Lipinski definition) is 4. The lowest BCUT2D eigenvalue weighted by Gasteiger charge is -2.31. The Morgan fingerprint density at radius 1 is 0.559 bits per heavy atom. The second-order valence-corrected chi connectivity index (χ2v) is 8.08. The fraction of sp³-hybridized carbons (Fsp3) is 0.0714. The standard InChI is InChI=1S/C28H24N2O4/c29-19-11-13-21(27(31)32)23(15-19)25(17-7-3-1-4-8-17)26(18-9-5-2-6-10-18)24-16-20(30)12-14-22(24)28(33)34/h1-16,25-26H,29-30H2,(H,31,32)(H,33,34). The average Bonchev–Trinajstić information content (AvgIpc) is 2.83. The van der Waals surface area contributed by atoms with Gasteiger partial charge in [0.1, 0.15) is 0 Å². The lowest BCUT2D eigenvalue weighted by molar-refractivity contribution is 0.0683. The Morgan fingerprint density at radius 3 is 1.24 bits per heavy atom. The van der Waals surface area contributed by atoms with Crippen LogP contribution in [-0.2, 0) is 0 Å². The summed E-state index contributed by atoms with van der Waals surface area (Å²) in [5, 5.41) is 20.0. The van der Waals surface area contributed by atoms with Gasteiger partial charge < -0.3 is 21.7 Å². The number of hydrogen-bond acceptors (Lipinski definition) is 4. The van der Waals surface area contributed by atoms with E-state index in [-0.39, 0.29) is 11.1 Å². The van der Waals surface area contributed by atoms with Crippen molar-refractivity contribution in [3.8, 4) is 0 Å². The maximum absolute atomic E-state index is 12.2. The van der Waals surface area contributed by atoms with Gasteiger partial charge in [0.2, 0.25) is 0 Å². The van der Waals surface area contributed by atoms with Gasteiger partial charge in [-0.2, -0.15) is 0 Å². The number of aromatic carboxylic acids is 2. The summed E-state index contributed by atoms with van der Waals surface area (Å²) in [5.41, 5.74) is 15.9. The van der Waals surface area contributed by atoms with Gasteiger partial charge in [0.05, 0.1) is 11.1 Å². The molecular weight excluding hydrogens is 428 g/mol. The van der Waals surface area contributed by atoms with Gasteiger partial charge in [0.25, 0.3) is 0 Å². The Balaban J connectivity index is 2.11. The summed E-state index contributed by atoms with van der Waals surface area (Å²) in [6.45, 7) is 0. The lowest BCUT2D eigenvalue weighted by atomic mass is 9.71. The van der Waals surface area contributed by atoms with E-state index in [0.717, 1.165) is 11.1 Å². The van der Waals surface area contributed by atoms with Crippen molar-refractivity contribution in [1.82, 2.24) is 0 Å². The molecule has 0 saturated carbocycles. The highest BCUT2D eigenvalue weighted by atomic mass is 16.4. The maximum Gasteiger partial charge on any atom is 0.335 e. The topological polar surface area (TPSA) is 127 Å². The van der Waals surface area contributed by atoms with Crippen molar-refractivity contribution in [1.29, 1.82) is 0 Å². The first kappa shape index (κ1) is 22.6. The zero-order valence-corrected chi connectivity index (χ0v) is 18.3. The second kappa shape index (κ2) is 9.50. The predicted octanol–water partition coefficient (Wildman–Crippen LogP) is 5.21. The summed E-state index contributed by atoms with van der Waals surface area (Å²) in [7, 11) is 0. The number of carbonyl (C=O) groups is 2. The molecule has 4 rings (SSSR count). The van der Waals surface area contributed by atoms with Gasteiger partial charge >= 0.3 is 11.9 Å². The third-order valence-electron chi connectivity index (χ3n) is 5.93. The van der Waals surface area contributed by atoms with Crippen molar-refractivity contribution < 1.29 is 19.8 Å². The van der Waals surface area contributed by atoms with E-state index in [1.807, 2.05) is 60.7 Å². The van der Waals surface area contributed by atoms with Crippen molar-refractivity contribution in [2.75, 3.05) is 11.5 Å². The van der Waals surface area contributed by atoms with E-state index in [4.69, 9.17) is 11.5 Å². The van der Waals surface area contributed by atoms with Crippen molar-refractivity contribution in [3.05, 3.63) is 130 Å². The molecular formula is C28H24N2O4. The number of carboxylic acids is 2. The van der Waals surface area contributed by atoms with Crippen LogP contribution in [0.4, 0.5) is 11.4 Å². The van der Waals surface area contributed by atoms with Crippen LogP contribution in [0.2, 0.25) is 0 Å². The van der Waals surface area contributed by atoms with Gasteiger partial charge in [-0.15, -0.1) is 0 Å². The summed E-state index contributed by atoms with van der Waals surface area (Å²) in [5.74, 6) is -3.29. The van der Waals surface area contributed by atoms with Gasteiger partial charge in [-0.05, 0) is 58.7 Å². The molecule has 0 aliphatic carbocycles. The molecule has 0 bridgehead atoms. The Bertz CT molecular complexity index is 1230. The molecule has 0 radical (unpaired) electrons. The monoisotopic (exact) mass is 452 g/mol. The summed E-state index contributed by atoms with van der Waals surface area (Å²) in [6.07, 6.45) is 0. The molecule has 0 aliphatic heterocycles. The molecule has 0 spiro atoms. The third-order valence-corrected chi connectivity index (χ3v) is 5.93. The first-order valence-corrected chi connectivity index (χ1v) is 10.7. The highest BCUT2D eigenvalue weighted by Gasteiger charge is 2.33. The zero-order valence-electron chi connectivity index (χ0n) is 18.3. The molecule has 4 aromatic carbocycles. The van der Waals surface area contributed by atoms with Gasteiger partial charge in [-0.3, -0.25) is 0 Å². The summed E-state index contributed by atoms with van der Waals surface area (Å²) >= 11 is 0. The number of benzene rings is 4. The minimum Gasteiger partial charge on any atom is -0.478 e. The van der Waals surface area contributed by atoms with E-state index in [9.17, 15) is 19.8 Å². The predicted molar refractivity (Wildman–Crippen MR) is 132 cm³/mol. The zero-order chi connectivity index (χ0) is 24.2. The van der Waals surface area contributed by atoms with Crippen LogP contribution in [0.1, 0.15) is 54.8 Å². The van der Waals surface area contributed by atoms with Crippen LogP contribution in [0, 0.1) is 0 Å². The number of anilines is 2. The van der Waals surface area contributed by atoms with Crippen LogP contribution in [0.3, 0.4) is 0 Å². The Kier molecular flexibility index (Phi) is 6.32. The van der Waals surface area contributed by atoms with Crippen molar-refractivity contribution in [3.63, 3.8) is 0 Å². The van der Waals surface area contributed by atoms with Crippen molar-refractivity contribution in [2.24, 2.45) is 0 Å². The summed E-state index contributed by atoms with van der Waals surface area (Å²) < 4.78 is 0. The fourth-order valence-corrected chi connectivity index (χ4v) is 4.49. The molecule has 0 amide bonds. The molecule has 6 nitrogen and oxygen atoms in total. The lowest BCUT2D eigenvalue weighted by Crippen LogP contribution is -2.20. The van der Waals surface area contributed by atoms with Gasteiger partial charge in [0.15, 0.2) is 0 Å². The molecule has 0 aromatic heterocycles. The molecule has 4 aromatic rings. The molecule has 2 atom stereocenters. The van der Waals surface area contributed by atoms with E-state index < -0.39 is 23.8 Å². The van der Waals surface area contributed by atoms with Crippen LogP contribution < -0.4 is 11.5 Å². The quantitative estimate of drug-likeness (QED) is 0.285. The van der Waals surface area contributed by atoms with Crippen LogP contribution in [-0.4, -0.2) is 22.2 Å². The molecule has 0 fully saturated rings. The smallest absolute Gasteiger partial charge is 0.335 e. The van der Waals surface area contributed by atoms with E-state index in [1.165, 1.54) is 12.1 Å². The van der Waals surface area contributed by atoms with Gasteiger partial charge in [-0.25, -0.2) is 9.59 Å². The SMILES string of the molecule is Nc1ccc(C(=O)O)c(C(c2ccccc2)C(c2ccccc2)c2cc(N)ccc2C(=O)O)c1. The minimum absolute atomic E-state index is 0.102. The van der Waals surface area contributed by atoms with E-state index in [0.29, 0.717) is 22.5 Å². The fourth-order valence-electron chi connectivity index (χ4n) is 4.49. The highest BCUT2D eigenvalue weighted by Crippen LogP contribution is 2.45. The molecule has 0 saturated heterocycles. The van der Waals surface area contributed by atoms with Crippen LogP contribution in [0.25, 0.3) is 0 Å². The van der Waals surface area contributed by atoms with Crippen molar-refractivity contribution in [2.45, 2.75) is 11.8 Å². The Labute approximate surface area is 197 Å². The highest BCUT2D eigenvalue weighted by molar-refractivity contribution is 5.92. The van der Waals surface area contributed by atoms with Gasteiger partial charge in [-0.1, -0.05) is 60.7 Å². The molecule has 6 heteroatoms. The van der Waals surface area contributed by atoms with E-state index >= 15 is 0 Å². The molecule has 6 N–H and O–H groups in total. The Hall–Kier alpha value is -4.58. The molecule has 0 heterocycles. The van der Waals surface area contributed by atoms with Crippen LogP contribution in [0.15, 0.2) is 97.1 Å². The third kappa shape index (κ3) is 4.47. The number of nitrogen functional groups attached to an aromatic ring is 2. The van der Waals surface area contributed by atoms with E-state index in [2.05, 4.69) is 0 Å². The van der Waals surface area contributed by atoms with Crippen molar-refractivity contribution >= 4 is 23.3 Å². The van der Waals surface area contributed by atoms with Crippen LogP contribution >= 0.6 is 0 Å². The summed E-state index contributed by atoms with van der Waals surface area (Å²) in [4.78, 5) is 24.5. The van der Waals surface area contributed by atoms with Crippen LogP contribution in [0.5, 0.6) is 0 Å². The summed E-state index contributed by atoms with van der Waals surface area (Å²) in [6, 6.07) is 28.2. The second-order valence-electron chi connectivity index (χ2n) is 8.08. The number of nitrogens with two attached hydrogens (primary N) is 2. The molecule has 34 heavy (non-hydrogen) atoms. The average molecular weight is 453 g/mol. The first-order chi connectivity index (χ1) is 16.4. The Morgan fingerprint density at radius 2 is 0.912 bits per heavy atom. The maximum atomic E-state index is 12.2. The minimum atomic E-state index is -1.09. The number of carboxylic acid groups (broad SMARTS) is 2. The molecule has 170 valence electrons. The van der Waals surface area contributed by atoms with E-state index in [1.54, 1.807) is 24.3 Å². The largest absolute Gasteiger partial charge is 0.478 e. The normalized spacial score (nSPS) is 12.6. The molecule has 2 unspecified atom stereocenters. The molecule has 0 aliphatic rings. The van der Waals surface area contributed by atoms with Gasteiger partial charge in [0, 0.05) is 23.2 Å². The number of rotatable bonds is 7. The first-order valence-electron chi connectivity index (χ1n) is 10.7.